The molecular weight excluding hydrogens is 374 g/mol. The van der Waals surface area contributed by atoms with Gasteiger partial charge in [-0.25, -0.2) is 0 Å². The first kappa shape index (κ1) is 22.2. The summed E-state index contributed by atoms with van der Waals surface area (Å²) < 4.78 is 6.08. The number of β-amino-alcohol motifs (C(OH)–C–C–N with tert-alkyl or cyclic N) is 1. The van der Waals surface area contributed by atoms with Crippen molar-refractivity contribution in [2.24, 2.45) is 5.73 Å². The third-order valence-corrected chi connectivity index (χ3v) is 5.46. The normalized spacial score (nSPS) is 20.1. The molecule has 0 aliphatic carbocycles. The minimum atomic E-state index is -0.449. The topological polar surface area (TPSA) is 75.5 Å². The number of nitrogens with zero attached hydrogens (tertiary/aromatic N) is 2. The summed E-state index contributed by atoms with van der Waals surface area (Å²) in [6.45, 7) is 10.5. The number of aryl methyl sites for hydroxylation is 1. The molecule has 1 aliphatic rings. The molecule has 5 heteroatoms. The van der Waals surface area contributed by atoms with Crippen LogP contribution >= 0.6 is 0 Å². The Morgan fingerprint density at radius 3 is 2.80 bits per heavy atom. The van der Waals surface area contributed by atoms with Crippen molar-refractivity contribution in [2.45, 2.75) is 46.3 Å². The van der Waals surface area contributed by atoms with Crippen LogP contribution in [0.3, 0.4) is 0 Å². The highest BCUT2D eigenvalue weighted by molar-refractivity contribution is 5.85. The van der Waals surface area contributed by atoms with E-state index in [0.29, 0.717) is 6.54 Å². The fraction of sp³-hybridized carbons (Fsp3) is 0.400. The molecule has 0 bridgehead atoms. The number of piperidine rings is 1. The van der Waals surface area contributed by atoms with E-state index in [0.717, 1.165) is 52.9 Å². The van der Waals surface area contributed by atoms with Gasteiger partial charge in [0.1, 0.15) is 11.3 Å². The lowest BCUT2D eigenvalue weighted by Crippen LogP contribution is -2.50. The van der Waals surface area contributed by atoms with Gasteiger partial charge in [-0.1, -0.05) is 43.7 Å². The van der Waals surface area contributed by atoms with Crippen LogP contribution in [-0.2, 0) is 0 Å². The van der Waals surface area contributed by atoms with E-state index in [9.17, 15) is 5.11 Å². The van der Waals surface area contributed by atoms with Crippen molar-refractivity contribution in [3.63, 3.8) is 0 Å². The predicted octanol–water partition coefficient (Wildman–Crippen LogP) is 4.63. The summed E-state index contributed by atoms with van der Waals surface area (Å²) in [5, 5.41) is 11.1. The van der Waals surface area contributed by atoms with Gasteiger partial charge in [-0.05, 0) is 43.5 Å². The minimum absolute atomic E-state index is 0.109. The maximum Gasteiger partial charge on any atom is 0.137 e. The Morgan fingerprint density at radius 1 is 1.30 bits per heavy atom. The molecule has 0 saturated carbocycles. The molecule has 4 rings (SSSR count). The Morgan fingerprint density at radius 2 is 2.07 bits per heavy atom. The first-order valence-electron chi connectivity index (χ1n) is 10.8. The quantitative estimate of drug-likeness (QED) is 0.660. The van der Waals surface area contributed by atoms with Gasteiger partial charge < -0.3 is 15.3 Å². The van der Waals surface area contributed by atoms with Crippen LogP contribution in [0.1, 0.15) is 38.3 Å². The van der Waals surface area contributed by atoms with Crippen molar-refractivity contribution in [3.8, 4) is 11.3 Å². The lowest BCUT2D eigenvalue weighted by molar-refractivity contribution is 0.0582. The lowest BCUT2D eigenvalue weighted by Gasteiger charge is -2.34. The zero-order valence-corrected chi connectivity index (χ0v) is 18.4. The van der Waals surface area contributed by atoms with Gasteiger partial charge in [0.05, 0.1) is 6.10 Å². The van der Waals surface area contributed by atoms with E-state index in [1.165, 1.54) is 5.57 Å². The van der Waals surface area contributed by atoms with E-state index < -0.39 is 6.10 Å². The highest BCUT2D eigenvalue weighted by atomic mass is 16.3. The molecular formula is C25H33N3O2. The molecule has 0 spiro atoms. The number of likely N-dealkylation sites (tertiary alicyclic amines) is 1. The molecule has 0 radical (unpaired) electrons. The largest absolute Gasteiger partial charge is 0.456 e. The fourth-order valence-electron chi connectivity index (χ4n) is 3.88. The number of benzene rings is 1. The molecule has 1 aromatic carbocycles. The Labute approximate surface area is 179 Å². The number of aliphatic hydroxyl groups excluding tert-OH is 1. The SMILES string of the molecule is C/C(=C\c1c(C)cncc1-c1cc2ccccc2o1)CN1CCC(N)C(O)C1.CC. The van der Waals surface area contributed by atoms with Crippen LogP contribution < -0.4 is 5.73 Å². The summed E-state index contributed by atoms with van der Waals surface area (Å²) in [5.41, 5.74) is 11.3. The molecule has 1 fully saturated rings. The third-order valence-electron chi connectivity index (χ3n) is 5.46. The van der Waals surface area contributed by atoms with Crippen LogP contribution in [0.5, 0.6) is 0 Å². The molecule has 5 nitrogen and oxygen atoms in total. The molecule has 30 heavy (non-hydrogen) atoms. The molecule has 3 N–H and O–H groups in total. The van der Waals surface area contributed by atoms with Gasteiger partial charge in [-0.3, -0.25) is 9.88 Å². The fourth-order valence-corrected chi connectivity index (χ4v) is 3.88. The second-order valence-corrected chi connectivity index (χ2v) is 7.81. The number of hydrogen-bond acceptors (Lipinski definition) is 5. The number of hydrogen-bond donors (Lipinski definition) is 2. The van der Waals surface area contributed by atoms with Gasteiger partial charge in [0, 0.05) is 49.0 Å². The predicted molar refractivity (Wildman–Crippen MR) is 124 cm³/mol. The number of para-hydroxylation sites is 1. The molecule has 3 heterocycles. The average Bonchev–Trinajstić information content (AvgIpc) is 3.18. The zero-order chi connectivity index (χ0) is 21.7. The number of fused-ring (bicyclic) bond motifs is 1. The summed E-state index contributed by atoms with van der Waals surface area (Å²) in [6.07, 6.45) is 6.34. The number of furan rings is 1. The summed E-state index contributed by atoms with van der Waals surface area (Å²) in [5.74, 6) is 0.829. The molecule has 2 aromatic heterocycles. The smallest absolute Gasteiger partial charge is 0.137 e. The average molecular weight is 408 g/mol. The second kappa shape index (κ2) is 10.0. The Bertz CT molecular complexity index is 976. The minimum Gasteiger partial charge on any atom is -0.456 e. The number of aromatic nitrogens is 1. The highest BCUT2D eigenvalue weighted by Gasteiger charge is 2.24. The van der Waals surface area contributed by atoms with Crippen LogP contribution in [0.15, 0.2) is 52.7 Å². The van der Waals surface area contributed by atoms with Gasteiger partial charge in [0.25, 0.3) is 0 Å². The van der Waals surface area contributed by atoms with Crippen LogP contribution in [0.2, 0.25) is 0 Å². The van der Waals surface area contributed by atoms with E-state index >= 15 is 0 Å². The van der Waals surface area contributed by atoms with Crippen LogP contribution in [0, 0.1) is 6.92 Å². The molecule has 0 amide bonds. The zero-order valence-electron chi connectivity index (χ0n) is 18.4. The van der Waals surface area contributed by atoms with Crippen molar-refractivity contribution in [1.82, 2.24) is 9.88 Å². The number of pyridine rings is 1. The first-order chi connectivity index (χ1) is 14.5. The van der Waals surface area contributed by atoms with E-state index in [1.807, 2.05) is 44.4 Å². The van der Waals surface area contributed by atoms with Crippen molar-refractivity contribution in [3.05, 3.63) is 59.4 Å². The van der Waals surface area contributed by atoms with Crippen molar-refractivity contribution < 1.29 is 9.52 Å². The Balaban J connectivity index is 0.00000124. The van der Waals surface area contributed by atoms with Gasteiger partial charge in [-0.2, -0.15) is 0 Å². The molecule has 1 aliphatic heterocycles. The van der Waals surface area contributed by atoms with Gasteiger partial charge in [0.2, 0.25) is 0 Å². The van der Waals surface area contributed by atoms with Crippen molar-refractivity contribution in [1.29, 1.82) is 0 Å². The molecule has 2 unspecified atom stereocenters. The number of aliphatic hydroxyl groups is 1. The standard InChI is InChI=1S/C23H27N3O2.C2H6/c1-15(13-26-8-7-20(24)21(27)14-26)9-18-16(2)11-25-12-19(18)23-10-17-5-3-4-6-22(17)28-23;1-2/h3-6,9-12,20-21,27H,7-8,13-14,24H2,1-2H3;1-2H3/b15-9+;. The number of rotatable bonds is 4. The number of nitrogens with two attached hydrogens (primary N) is 1. The maximum atomic E-state index is 10.0. The summed E-state index contributed by atoms with van der Waals surface area (Å²) in [4.78, 5) is 6.65. The summed E-state index contributed by atoms with van der Waals surface area (Å²) >= 11 is 0. The first-order valence-corrected chi connectivity index (χ1v) is 10.8. The van der Waals surface area contributed by atoms with Crippen LogP contribution in [-0.4, -0.2) is 46.8 Å². The molecule has 2 atom stereocenters. The van der Waals surface area contributed by atoms with Gasteiger partial charge in [0.15, 0.2) is 0 Å². The van der Waals surface area contributed by atoms with Crippen LogP contribution in [0.25, 0.3) is 28.4 Å². The van der Waals surface area contributed by atoms with E-state index in [1.54, 1.807) is 0 Å². The van der Waals surface area contributed by atoms with E-state index in [-0.39, 0.29) is 6.04 Å². The van der Waals surface area contributed by atoms with E-state index in [4.69, 9.17) is 10.2 Å². The Hall–Kier alpha value is -2.47. The maximum absolute atomic E-state index is 10.0. The highest BCUT2D eigenvalue weighted by Crippen LogP contribution is 2.32. The monoisotopic (exact) mass is 407 g/mol. The lowest BCUT2D eigenvalue weighted by atomic mass is 9.99. The molecule has 3 aromatic rings. The summed E-state index contributed by atoms with van der Waals surface area (Å²) in [7, 11) is 0. The van der Waals surface area contributed by atoms with Gasteiger partial charge in [-0.15, -0.1) is 0 Å². The van der Waals surface area contributed by atoms with Gasteiger partial charge >= 0.3 is 0 Å². The molecule has 160 valence electrons. The second-order valence-electron chi connectivity index (χ2n) is 7.81. The van der Waals surface area contributed by atoms with Crippen molar-refractivity contribution in [2.75, 3.05) is 19.6 Å². The molecule has 1 saturated heterocycles. The third kappa shape index (κ3) is 4.98. The van der Waals surface area contributed by atoms with Crippen molar-refractivity contribution >= 4 is 17.0 Å². The summed E-state index contributed by atoms with van der Waals surface area (Å²) in [6, 6.07) is 9.99. The Kier molecular flexibility index (Phi) is 7.43. The van der Waals surface area contributed by atoms with Crippen LogP contribution in [0.4, 0.5) is 0 Å². The van der Waals surface area contributed by atoms with E-state index in [2.05, 4.69) is 41.9 Å².